The van der Waals surface area contributed by atoms with E-state index in [0.29, 0.717) is 18.1 Å². The second-order valence-corrected chi connectivity index (χ2v) is 5.00. The number of carboxylic acid groups (broad SMARTS) is 1. The molecule has 19 heavy (non-hydrogen) atoms. The standard InChI is InChI=1S/C12H14N4O2S/c1-7(2)11-14-4-9(10(16-11)12(17)18)13-3-8-5-19-6-15-8/h4-7,13H,3H2,1-2H3,(H,17,18). The van der Waals surface area contributed by atoms with Gasteiger partial charge in [0.25, 0.3) is 0 Å². The molecule has 0 radical (unpaired) electrons. The molecular weight excluding hydrogens is 264 g/mol. The highest BCUT2D eigenvalue weighted by molar-refractivity contribution is 7.07. The van der Waals surface area contributed by atoms with E-state index in [1.54, 1.807) is 5.51 Å². The first kappa shape index (κ1) is 13.4. The molecule has 0 atom stereocenters. The molecular formula is C12H14N4O2S. The first-order valence-electron chi connectivity index (χ1n) is 5.79. The largest absolute Gasteiger partial charge is 0.476 e. The third-order valence-corrected chi connectivity index (χ3v) is 3.11. The van der Waals surface area contributed by atoms with Crippen molar-refractivity contribution >= 4 is 23.0 Å². The molecule has 6 nitrogen and oxygen atoms in total. The van der Waals surface area contributed by atoms with E-state index < -0.39 is 5.97 Å². The highest BCUT2D eigenvalue weighted by Crippen LogP contribution is 2.17. The third kappa shape index (κ3) is 3.25. The topological polar surface area (TPSA) is 88.0 Å². The van der Waals surface area contributed by atoms with E-state index in [-0.39, 0.29) is 11.6 Å². The van der Waals surface area contributed by atoms with Crippen LogP contribution in [0.5, 0.6) is 0 Å². The molecule has 2 heterocycles. The number of thiazole rings is 1. The van der Waals surface area contributed by atoms with Crippen LogP contribution in [0.25, 0.3) is 0 Å². The first-order valence-corrected chi connectivity index (χ1v) is 6.73. The van der Waals surface area contributed by atoms with Crippen LogP contribution in [-0.4, -0.2) is 26.0 Å². The molecule has 0 aliphatic heterocycles. The molecule has 0 amide bonds. The van der Waals surface area contributed by atoms with Crippen molar-refractivity contribution < 1.29 is 9.90 Å². The van der Waals surface area contributed by atoms with E-state index in [0.717, 1.165) is 5.69 Å². The number of nitrogens with zero attached hydrogens (tertiary/aromatic N) is 3. The minimum absolute atomic E-state index is 0.00562. The van der Waals surface area contributed by atoms with Gasteiger partial charge in [-0.05, 0) is 0 Å². The Morgan fingerprint density at radius 3 is 2.84 bits per heavy atom. The fraction of sp³-hybridized carbons (Fsp3) is 0.333. The third-order valence-electron chi connectivity index (χ3n) is 2.47. The van der Waals surface area contributed by atoms with Gasteiger partial charge in [0.2, 0.25) is 0 Å². The molecule has 0 spiro atoms. The van der Waals surface area contributed by atoms with Crippen molar-refractivity contribution in [2.75, 3.05) is 5.32 Å². The van der Waals surface area contributed by atoms with Crippen LogP contribution < -0.4 is 5.32 Å². The first-order chi connectivity index (χ1) is 9.08. The molecule has 0 fully saturated rings. The van der Waals surface area contributed by atoms with Crippen LogP contribution in [-0.2, 0) is 6.54 Å². The number of aromatic carboxylic acids is 1. The van der Waals surface area contributed by atoms with Gasteiger partial charge in [-0.15, -0.1) is 11.3 Å². The molecule has 2 rings (SSSR count). The zero-order chi connectivity index (χ0) is 13.8. The van der Waals surface area contributed by atoms with Gasteiger partial charge in [-0.25, -0.2) is 19.7 Å². The number of rotatable bonds is 5. The summed E-state index contributed by atoms with van der Waals surface area (Å²) in [5, 5.41) is 14.1. The van der Waals surface area contributed by atoms with Crippen LogP contribution in [0.15, 0.2) is 17.1 Å². The molecule has 2 aromatic rings. The molecule has 0 saturated heterocycles. The summed E-state index contributed by atoms with van der Waals surface area (Å²) in [6.07, 6.45) is 1.51. The second kappa shape index (κ2) is 5.75. The van der Waals surface area contributed by atoms with Crippen LogP contribution in [0.2, 0.25) is 0 Å². The molecule has 100 valence electrons. The van der Waals surface area contributed by atoms with E-state index in [9.17, 15) is 9.90 Å². The average molecular weight is 278 g/mol. The number of anilines is 1. The second-order valence-electron chi connectivity index (χ2n) is 4.28. The molecule has 7 heteroatoms. The Bertz CT molecular complexity index is 569. The lowest BCUT2D eigenvalue weighted by Crippen LogP contribution is -2.12. The van der Waals surface area contributed by atoms with Gasteiger partial charge in [0.05, 0.1) is 29.6 Å². The highest BCUT2D eigenvalue weighted by atomic mass is 32.1. The molecule has 0 unspecified atom stereocenters. The van der Waals surface area contributed by atoms with Crippen molar-refractivity contribution in [1.29, 1.82) is 0 Å². The molecule has 2 aromatic heterocycles. The zero-order valence-electron chi connectivity index (χ0n) is 10.6. The van der Waals surface area contributed by atoms with Gasteiger partial charge < -0.3 is 10.4 Å². The number of carbonyl (C=O) groups is 1. The lowest BCUT2D eigenvalue weighted by atomic mass is 10.2. The van der Waals surface area contributed by atoms with E-state index in [1.165, 1.54) is 17.5 Å². The number of carboxylic acids is 1. The van der Waals surface area contributed by atoms with Gasteiger partial charge in [-0.1, -0.05) is 13.8 Å². The monoisotopic (exact) mass is 278 g/mol. The molecule has 0 aromatic carbocycles. The Balaban J connectivity index is 2.21. The van der Waals surface area contributed by atoms with Gasteiger partial charge in [-0.3, -0.25) is 0 Å². The van der Waals surface area contributed by atoms with Gasteiger partial charge in [0.1, 0.15) is 5.82 Å². The summed E-state index contributed by atoms with van der Waals surface area (Å²) in [4.78, 5) is 23.6. The number of hydrogen-bond acceptors (Lipinski definition) is 6. The zero-order valence-corrected chi connectivity index (χ0v) is 11.4. The predicted molar refractivity (Wildman–Crippen MR) is 72.5 cm³/mol. The van der Waals surface area contributed by atoms with Crippen molar-refractivity contribution in [3.63, 3.8) is 0 Å². The minimum atomic E-state index is -1.06. The molecule has 0 aliphatic carbocycles. The fourth-order valence-electron chi connectivity index (χ4n) is 1.48. The van der Waals surface area contributed by atoms with E-state index >= 15 is 0 Å². The van der Waals surface area contributed by atoms with Crippen molar-refractivity contribution in [2.45, 2.75) is 26.3 Å². The van der Waals surface area contributed by atoms with Crippen molar-refractivity contribution in [3.05, 3.63) is 34.3 Å². The summed E-state index contributed by atoms with van der Waals surface area (Å²) in [5.74, 6) is -0.452. The van der Waals surface area contributed by atoms with Crippen molar-refractivity contribution in [2.24, 2.45) is 0 Å². The molecule has 0 aliphatic rings. The molecule has 0 saturated carbocycles. The van der Waals surface area contributed by atoms with E-state index in [1.807, 2.05) is 19.2 Å². The summed E-state index contributed by atoms with van der Waals surface area (Å²) < 4.78 is 0. The minimum Gasteiger partial charge on any atom is -0.476 e. The lowest BCUT2D eigenvalue weighted by molar-refractivity contribution is 0.0691. The van der Waals surface area contributed by atoms with Crippen LogP contribution >= 0.6 is 11.3 Å². The Kier molecular flexibility index (Phi) is 4.06. The summed E-state index contributed by atoms with van der Waals surface area (Å²) in [6, 6.07) is 0. The van der Waals surface area contributed by atoms with E-state index in [4.69, 9.17) is 0 Å². The summed E-state index contributed by atoms with van der Waals surface area (Å²) in [5.41, 5.74) is 2.99. The normalized spacial score (nSPS) is 10.7. The maximum Gasteiger partial charge on any atom is 0.356 e. The van der Waals surface area contributed by atoms with Crippen LogP contribution in [0, 0.1) is 0 Å². The Labute approximate surface area is 114 Å². The SMILES string of the molecule is CC(C)c1ncc(NCc2cscn2)c(C(=O)O)n1. The van der Waals surface area contributed by atoms with Crippen LogP contribution in [0.3, 0.4) is 0 Å². The maximum atomic E-state index is 11.2. The number of aromatic nitrogens is 3. The average Bonchev–Trinajstić information content (AvgIpc) is 2.89. The molecule has 0 bridgehead atoms. The van der Waals surface area contributed by atoms with Gasteiger partial charge >= 0.3 is 5.97 Å². The summed E-state index contributed by atoms with van der Waals surface area (Å²) in [7, 11) is 0. The predicted octanol–water partition coefficient (Wildman–Crippen LogP) is 2.37. The smallest absolute Gasteiger partial charge is 0.356 e. The maximum absolute atomic E-state index is 11.2. The van der Waals surface area contributed by atoms with Gasteiger partial charge in [0, 0.05) is 11.3 Å². The Morgan fingerprint density at radius 1 is 1.47 bits per heavy atom. The Hall–Kier alpha value is -2.02. The van der Waals surface area contributed by atoms with Gasteiger partial charge in [-0.2, -0.15) is 0 Å². The quantitative estimate of drug-likeness (QED) is 0.873. The lowest BCUT2D eigenvalue weighted by Gasteiger charge is -2.10. The van der Waals surface area contributed by atoms with Crippen molar-refractivity contribution in [3.8, 4) is 0 Å². The Morgan fingerprint density at radius 2 is 2.26 bits per heavy atom. The van der Waals surface area contributed by atoms with Crippen LogP contribution in [0.1, 0.15) is 41.8 Å². The number of nitrogens with one attached hydrogen (secondary N) is 1. The summed E-state index contributed by atoms with van der Waals surface area (Å²) in [6.45, 7) is 4.29. The molecule has 2 N–H and O–H groups in total. The van der Waals surface area contributed by atoms with Crippen LogP contribution in [0.4, 0.5) is 5.69 Å². The fourth-order valence-corrected chi connectivity index (χ4v) is 2.04. The number of hydrogen-bond donors (Lipinski definition) is 2. The summed E-state index contributed by atoms with van der Waals surface area (Å²) >= 11 is 1.49. The highest BCUT2D eigenvalue weighted by Gasteiger charge is 2.15. The van der Waals surface area contributed by atoms with E-state index in [2.05, 4.69) is 20.3 Å². The van der Waals surface area contributed by atoms with Gasteiger partial charge in [0.15, 0.2) is 5.69 Å². The van der Waals surface area contributed by atoms with Crippen molar-refractivity contribution in [1.82, 2.24) is 15.0 Å².